The Balaban J connectivity index is 1.70. The van der Waals surface area contributed by atoms with E-state index in [0.717, 1.165) is 34.1 Å². The SMILES string of the molecule is CCc1nc(CS(=O)Cc2nc(-c3ccccc3)oc2C)cs1. The van der Waals surface area contributed by atoms with Gasteiger partial charge >= 0.3 is 0 Å². The smallest absolute Gasteiger partial charge is 0.226 e. The lowest BCUT2D eigenvalue weighted by molar-refractivity contribution is 0.540. The fraction of sp³-hybridized carbons (Fsp3) is 0.294. The number of aromatic nitrogens is 2. The summed E-state index contributed by atoms with van der Waals surface area (Å²) in [5, 5.41) is 3.07. The predicted octanol–water partition coefficient (Wildman–Crippen LogP) is 4.12. The van der Waals surface area contributed by atoms with Gasteiger partial charge in [-0.25, -0.2) is 9.97 Å². The van der Waals surface area contributed by atoms with Crippen molar-refractivity contribution in [1.82, 2.24) is 9.97 Å². The summed E-state index contributed by atoms with van der Waals surface area (Å²) in [6.45, 7) is 3.94. The Hall–Kier alpha value is -1.79. The van der Waals surface area contributed by atoms with Crippen molar-refractivity contribution in [3.8, 4) is 11.5 Å². The van der Waals surface area contributed by atoms with E-state index in [9.17, 15) is 4.21 Å². The summed E-state index contributed by atoms with van der Waals surface area (Å²) in [6.07, 6.45) is 0.917. The summed E-state index contributed by atoms with van der Waals surface area (Å²) < 4.78 is 18.1. The number of hydrogen-bond donors (Lipinski definition) is 0. The molecular formula is C17H18N2O2S2. The highest BCUT2D eigenvalue weighted by molar-refractivity contribution is 7.83. The van der Waals surface area contributed by atoms with Crippen molar-refractivity contribution >= 4 is 22.1 Å². The lowest BCUT2D eigenvalue weighted by atomic mass is 10.2. The maximum absolute atomic E-state index is 12.4. The topological polar surface area (TPSA) is 56.0 Å². The number of oxazole rings is 1. The van der Waals surface area contributed by atoms with Crippen LogP contribution in [-0.4, -0.2) is 14.2 Å². The van der Waals surface area contributed by atoms with Crippen LogP contribution in [0, 0.1) is 6.92 Å². The molecule has 23 heavy (non-hydrogen) atoms. The Morgan fingerprint density at radius 2 is 1.96 bits per heavy atom. The van der Waals surface area contributed by atoms with Gasteiger partial charge in [-0.15, -0.1) is 11.3 Å². The average Bonchev–Trinajstić information content (AvgIpc) is 3.15. The fourth-order valence-electron chi connectivity index (χ4n) is 2.21. The van der Waals surface area contributed by atoms with Crippen LogP contribution in [0.15, 0.2) is 40.1 Å². The number of hydrogen-bond acceptors (Lipinski definition) is 5. The van der Waals surface area contributed by atoms with Gasteiger partial charge in [-0.3, -0.25) is 4.21 Å². The minimum Gasteiger partial charge on any atom is -0.441 e. The average molecular weight is 346 g/mol. The first-order valence-electron chi connectivity index (χ1n) is 7.45. The molecule has 0 aliphatic heterocycles. The molecule has 0 spiro atoms. The third-order valence-corrected chi connectivity index (χ3v) is 5.68. The van der Waals surface area contributed by atoms with Crippen molar-refractivity contribution in [2.45, 2.75) is 31.8 Å². The van der Waals surface area contributed by atoms with Gasteiger partial charge in [-0.2, -0.15) is 0 Å². The summed E-state index contributed by atoms with van der Waals surface area (Å²) in [6, 6.07) is 9.75. The van der Waals surface area contributed by atoms with Crippen LogP contribution in [0.5, 0.6) is 0 Å². The zero-order chi connectivity index (χ0) is 16.2. The van der Waals surface area contributed by atoms with E-state index >= 15 is 0 Å². The molecular weight excluding hydrogens is 328 g/mol. The molecule has 2 heterocycles. The first kappa shape index (κ1) is 16.1. The Morgan fingerprint density at radius 3 is 2.65 bits per heavy atom. The summed E-state index contributed by atoms with van der Waals surface area (Å²) in [4.78, 5) is 8.97. The molecule has 0 aliphatic rings. The van der Waals surface area contributed by atoms with Gasteiger partial charge in [0.25, 0.3) is 0 Å². The molecule has 0 fully saturated rings. The van der Waals surface area contributed by atoms with Gasteiger partial charge < -0.3 is 4.42 Å². The first-order chi connectivity index (χ1) is 11.2. The zero-order valence-corrected chi connectivity index (χ0v) is 14.7. The molecule has 2 aromatic heterocycles. The molecule has 1 unspecified atom stereocenters. The molecule has 0 aliphatic carbocycles. The van der Waals surface area contributed by atoms with Gasteiger partial charge in [0.2, 0.25) is 5.89 Å². The molecule has 3 rings (SSSR count). The Morgan fingerprint density at radius 1 is 1.17 bits per heavy atom. The highest BCUT2D eigenvalue weighted by atomic mass is 32.2. The molecule has 0 saturated heterocycles. The Kier molecular flexibility index (Phi) is 5.03. The monoisotopic (exact) mass is 346 g/mol. The van der Waals surface area contributed by atoms with Crippen molar-refractivity contribution in [2.75, 3.05) is 0 Å². The van der Waals surface area contributed by atoms with E-state index in [0.29, 0.717) is 17.4 Å². The van der Waals surface area contributed by atoms with Gasteiger partial charge in [0.1, 0.15) is 5.76 Å². The second kappa shape index (κ2) is 7.19. The number of benzene rings is 1. The number of rotatable bonds is 6. The van der Waals surface area contributed by atoms with Crippen LogP contribution >= 0.6 is 11.3 Å². The van der Waals surface area contributed by atoms with Crippen molar-refractivity contribution in [3.05, 3.63) is 57.9 Å². The largest absolute Gasteiger partial charge is 0.441 e. The second-order valence-electron chi connectivity index (χ2n) is 5.20. The van der Waals surface area contributed by atoms with Crippen molar-refractivity contribution in [2.24, 2.45) is 0 Å². The lowest BCUT2D eigenvalue weighted by Crippen LogP contribution is -2.01. The third-order valence-electron chi connectivity index (χ3n) is 3.42. The lowest BCUT2D eigenvalue weighted by Gasteiger charge is -1.98. The molecule has 3 aromatic rings. The van der Waals surface area contributed by atoms with Crippen molar-refractivity contribution in [1.29, 1.82) is 0 Å². The van der Waals surface area contributed by atoms with Gasteiger partial charge in [0.15, 0.2) is 0 Å². The molecule has 0 N–H and O–H groups in total. The highest BCUT2D eigenvalue weighted by Gasteiger charge is 2.15. The van der Waals surface area contributed by atoms with Crippen molar-refractivity contribution in [3.63, 3.8) is 0 Å². The summed E-state index contributed by atoms with van der Waals surface area (Å²) >= 11 is 1.62. The standard InChI is InChI=1S/C17H18N2O2S2/c1-3-16-18-14(9-22-16)10-23(20)11-15-12(2)21-17(19-15)13-7-5-4-6-8-13/h4-9H,3,10-11H2,1-2H3. The Bertz CT molecular complexity index is 809. The predicted molar refractivity (Wildman–Crippen MR) is 93.7 cm³/mol. The van der Waals surface area contributed by atoms with Crippen LogP contribution in [-0.2, 0) is 28.7 Å². The molecule has 0 saturated carbocycles. The highest BCUT2D eigenvalue weighted by Crippen LogP contribution is 2.22. The minimum absolute atomic E-state index is 0.390. The zero-order valence-electron chi connectivity index (χ0n) is 13.1. The molecule has 0 radical (unpaired) electrons. The van der Waals surface area contributed by atoms with Crippen LogP contribution in [0.3, 0.4) is 0 Å². The number of nitrogens with zero attached hydrogens (tertiary/aromatic N) is 2. The van der Waals surface area contributed by atoms with E-state index < -0.39 is 10.8 Å². The first-order valence-corrected chi connectivity index (χ1v) is 9.82. The van der Waals surface area contributed by atoms with Crippen LogP contribution < -0.4 is 0 Å². The van der Waals surface area contributed by atoms with Gasteiger partial charge in [0.05, 0.1) is 27.9 Å². The van der Waals surface area contributed by atoms with Crippen LogP contribution in [0.25, 0.3) is 11.5 Å². The molecule has 1 atom stereocenters. The molecule has 120 valence electrons. The van der Waals surface area contributed by atoms with Gasteiger partial charge in [-0.1, -0.05) is 25.1 Å². The maximum atomic E-state index is 12.4. The van der Waals surface area contributed by atoms with Gasteiger partial charge in [-0.05, 0) is 25.5 Å². The molecule has 6 heteroatoms. The maximum Gasteiger partial charge on any atom is 0.226 e. The fourth-order valence-corrected chi connectivity index (χ4v) is 4.22. The Labute approximate surface area is 142 Å². The van der Waals surface area contributed by atoms with E-state index in [1.807, 2.05) is 42.6 Å². The molecule has 4 nitrogen and oxygen atoms in total. The van der Waals surface area contributed by atoms with Crippen LogP contribution in [0.2, 0.25) is 0 Å². The number of aryl methyl sites for hydroxylation is 2. The molecule has 0 amide bonds. The third kappa shape index (κ3) is 3.95. The second-order valence-corrected chi connectivity index (χ2v) is 7.60. The number of thiazole rings is 1. The summed E-state index contributed by atoms with van der Waals surface area (Å²) in [5.74, 6) is 2.16. The quantitative estimate of drug-likeness (QED) is 0.674. The van der Waals surface area contributed by atoms with Gasteiger partial charge in [0, 0.05) is 21.7 Å². The van der Waals surface area contributed by atoms with Crippen LogP contribution in [0.4, 0.5) is 0 Å². The summed E-state index contributed by atoms with van der Waals surface area (Å²) in [5.41, 5.74) is 2.59. The normalized spacial score (nSPS) is 12.4. The van der Waals surface area contributed by atoms with E-state index in [-0.39, 0.29) is 0 Å². The minimum atomic E-state index is -1.04. The molecule has 0 bridgehead atoms. The van der Waals surface area contributed by atoms with Crippen molar-refractivity contribution < 1.29 is 8.63 Å². The molecule has 1 aromatic carbocycles. The van der Waals surface area contributed by atoms with Crippen LogP contribution in [0.1, 0.15) is 29.1 Å². The summed E-state index contributed by atoms with van der Waals surface area (Å²) in [7, 11) is -1.04. The van der Waals surface area contributed by atoms with E-state index in [1.165, 1.54) is 0 Å². The van der Waals surface area contributed by atoms with E-state index in [1.54, 1.807) is 11.3 Å². The van der Waals surface area contributed by atoms with E-state index in [2.05, 4.69) is 16.9 Å². The van der Waals surface area contributed by atoms with E-state index in [4.69, 9.17) is 4.42 Å².